The van der Waals surface area contributed by atoms with Gasteiger partial charge in [-0.2, -0.15) is 0 Å². The second kappa shape index (κ2) is 11.3. The minimum Gasteiger partial charge on any atom is -0.497 e. The molecular formula is C24H31FN2O3. The summed E-state index contributed by atoms with van der Waals surface area (Å²) in [5.74, 6) is 0.0431. The van der Waals surface area contributed by atoms with Gasteiger partial charge in [-0.25, -0.2) is 4.39 Å². The highest BCUT2D eigenvalue weighted by Gasteiger charge is 2.29. The van der Waals surface area contributed by atoms with Gasteiger partial charge in [-0.15, -0.1) is 0 Å². The number of amides is 2. The van der Waals surface area contributed by atoms with Crippen LogP contribution in [0.3, 0.4) is 0 Å². The lowest BCUT2D eigenvalue weighted by atomic mass is 10.1. The molecule has 0 heterocycles. The van der Waals surface area contributed by atoms with E-state index >= 15 is 0 Å². The van der Waals surface area contributed by atoms with Crippen LogP contribution in [-0.4, -0.2) is 35.9 Å². The average Bonchev–Trinajstić information content (AvgIpc) is 2.75. The van der Waals surface area contributed by atoms with E-state index in [1.165, 1.54) is 12.1 Å². The van der Waals surface area contributed by atoms with E-state index in [0.717, 1.165) is 17.7 Å². The first-order valence-electron chi connectivity index (χ1n) is 10.3. The van der Waals surface area contributed by atoms with Crippen molar-refractivity contribution in [3.05, 3.63) is 65.5 Å². The van der Waals surface area contributed by atoms with Crippen molar-refractivity contribution in [1.29, 1.82) is 0 Å². The number of benzene rings is 2. The van der Waals surface area contributed by atoms with Crippen LogP contribution in [0.2, 0.25) is 0 Å². The van der Waals surface area contributed by atoms with Gasteiger partial charge < -0.3 is 15.0 Å². The summed E-state index contributed by atoms with van der Waals surface area (Å²) in [5, 5.41) is 2.99. The van der Waals surface area contributed by atoms with Gasteiger partial charge in [0.05, 0.1) is 13.5 Å². The Morgan fingerprint density at radius 1 is 1.00 bits per heavy atom. The molecule has 0 unspecified atom stereocenters. The lowest BCUT2D eigenvalue weighted by molar-refractivity contribution is -0.141. The van der Waals surface area contributed by atoms with E-state index in [0.29, 0.717) is 18.5 Å². The minimum atomic E-state index is -0.589. The molecule has 0 bridgehead atoms. The van der Waals surface area contributed by atoms with Crippen molar-refractivity contribution in [2.24, 2.45) is 0 Å². The molecule has 5 nitrogen and oxygen atoms in total. The van der Waals surface area contributed by atoms with E-state index in [1.807, 2.05) is 45.0 Å². The van der Waals surface area contributed by atoms with Gasteiger partial charge >= 0.3 is 0 Å². The molecule has 2 amide bonds. The highest BCUT2D eigenvalue weighted by molar-refractivity contribution is 5.88. The SMILES string of the molecule is CC[C@@H](C)NC(=O)[C@@H](CC)N(Cc1ccc(OC)cc1)C(=O)Cc1ccc(F)cc1. The van der Waals surface area contributed by atoms with Crippen molar-refractivity contribution in [2.75, 3.05) is 7.11 Å². The molecule has 0 fully saturated rings. The highest BCUT2D eigenvalue weighted by atomic mass is 19.1. The fourth-order valence-corrected chi connectivity index (χ4v) is 3.17. The third-order valence-electron chi connectivity index (χ3n) is 5.17. The number of nitrogens with one attached hydrogen (secondary N) is 1. The summed E-state index contributed by atoms with van der Waals surface area (Å²) in [6, 6.07) is 12.7. The minimum absolute atomic E-state index is 0.0292. The third kappa shape index (κ3) is 6.58. The van der Waals surface area contributed by atoms with Gasteiger partial charge in [-0.1, -0.05) is 38.1 Å². The van der Waals surface area contributed by atoms with Crippen molar-refractivity contribution in [1.82, 2.24) is 10.2 Å². The molecule has 2 aromatic carbocycles. The maximum Gasteiger partial charge on any atom is 0.243 e. The van der Waals surface area contributed by atoms with E-state index in [2.05, 4.69) is 5.32 Å². The summed E-state index contributed by atoms with van der Waals surface area (Å²) in [5.41, 5.74) is 1.61. The first-order valence-corrected chi connectivity index (χ1v) is 10.3. The molecule has 0 spiro atoms. The molecule has 0 saturated carbocycles. The van der Waals surface area contributed by atoms with Crippen LogP contribution in [0.1, 0.15) is 44.7 Å². The smallest absolute Gasteiger partial charge is 0.243 e. The van der Waals surface area contributed by atoms with Crippen LogP contribution in [0.25, 0.3) is 0 Å². The van der Waals surface area contributed by atoms with Gasteiger partial charge in [0.15, 0.2) is 0 Å². The summed E-state index contributed by atoms with van der Waals surface area (Å²) in [6.45, 7) is 6.14. The van der Waals surface area contributed by atoms with E-state index in [9.17, 15) is 14.0 Å². The fraction of sp³-hybridized carbons (Fsp3) is 0.417. The molecule has 0 radical (unpaired) electrons. The summed E-state index contributed by atoms with van der Waals surface area (Å²) in [7, 11) is 1.60. The van der Waals surface area contributed by atoms with E-state index in [-0.39, 0.29) is 30.1 Å². The number of carbonyl (C=O) groups excluding carboxylic acids is 2. The van der Waals surface area contributed by atoms with E-state index in [1.54, 1.807) is 24.1 Å². The molecule has 2 atom stereocenters. The molecular weight excluding hydrogens is 383 g/mol. The van der Waals surface area contributed by atoms with Gasteiger partial charge in [-0.3, -0.25) is 9.59 Å². The number of methoxy groups -OCH3 is 1. The third-order valence-corrected chi connectivity index (χ3v) is 5.17. The Morgan fingerprint density at radius 2 is 1.60 bits per heavy atom. The summed E-state index contributed by atoms with van der Waals surface area (Å²) >= 11 is 0. The number of ether oxygens (including phenoxy) is 1. The maximum atomic E-state index is 13.2. The Labute approximate surface area is 178 Å². The van der Waals surface area contributed by atoms with Crippen molar-refractivity contribution in [2.45, 2.75) is 58.7 Å². The van der Waals surface area contributed by atoms with Crippen LogP contribution in [-0.2, 0) is 22.6 Å². The Bertz CT molecular complexity index is 821. The number of hydrogen-bond acceptors (Lipinski definition) is 3. The molecule has 0 aliphatic rings. The molecule has 1 N–H and O–H groups in total. The van der Waals surface area contributed by atoms with Crippen LogP contribution in [0, 0.1) is 5.82 Å². The van der Waals surface area contributed by atoms with Gasteiger partial charge in [0.1, 0.15) is 17.6 Å². The molecule has 6 heteroatoms. The number of rotatable bonds is 10. The molecule has 2 rings (SSSR count). The number of halogens is 1. The second-order valence-corrected chi connectivity index (χ2v) is 7.41. The van der Waals surface area contributed by atoms with Gasteiger partial charge in [-0.05, 0) is 55.2 Å². The lowest BCUT2D eigenvalue weighted by Crippen LogP contribution is -2.51. The zero-order chi connectivity index (χ0) is 22.1. The first kappa shape index (κ1) is 23.4. The summed E-state index contributed by atoms with van der Waals surface area (Å²) in [4.78, 5) is 27.7. The Morgan fingerprint density at radius 3 is 2.13 bits per heavy atom. The van der Waals surface area contributed by atoms with Crippen LogP contribution in [0.5, 0.6) is 5.75 Å². The topological polar surface area (TPSA) is 58.6 Å². The summed E-state index contributed by atoms with van der Waals surface area (Å²) < 4.78 is 18.4. The van der Waals surface area contributed by atoms with E-state index < -0.39 is 6.04 Å². The predicted molar refractivity (Wildman–Crippen MR) is 116 cm³/mol. The molecule has 0 saturated heterocycles. The van der Waals surface area contributed by atoms with Crippen molar-refractivity contribution < 1.29 is 18.7 Å². The maximum absolute atomic E-state index is 13.2. The van der Waals surface area contributed by atoms with Crippen LogP contribution in [0.4, 0.5) is 4.39 Å². The monoisotopic (exact) mass is 414 g/mol. The average molecular weight is 415 g/mol. The normalized spacial score (nSPS) is 12.7. The second-order valence-electron chi connectivity index (χ2n) is 7.41. The van der Waals surface area contributed by atoms with Gasteiger partial charge in [0.2, 0.25) is 11.8 Å². The molecule has 30 heavy (non-hydrogen) atoms. The standard InChI is InChI=1S/C24H31FN2O3/c1-5-17(3)26-24(29)22(6-2)27(16-19-9-13-21(30-4)14-10-19)23(28)15-18-7-11-20(25)12-8-18/h7-14,17,22H,5-6,15-16H2,1-4H3,(H,26,29)/t17-,22-/m1/s1. The van der Waals surface area contributed by atoms with Crippen LogP contribution < -0.4 is 10.1 Å². The zero-order valence-electron chi connectivity index (χ0n) is 18.2. The quantitative estimate of drug-likeness (QED) is 0.637. The molecule has 0 aliphatic heterocycles. The van der Waals surface area contributed by atoms with Crippen molar-refractivity contribution in [3.8, 4) is 5.75 Å². The Hall–Kier alpha value is -2.89. The fourth-order valence-electron chi connectivity index (χ4n) is 3.17. The Balaban J connectivity index is 2.27. The van der Waals surface area contributed by atoms with E-state index in [4.69, 9.17) is 4.74 Å². The van der Waals surface area contributed by atoms with Crippen LogP contribution in [0.15, 0.2) is 48.5 Å². The summed E-state index contributed by atoms with van der Waals surface area (Å²) in [6.07, 6.45) is 1.40. The largest absolute Gasteiger partial charge is 0.497 e. The molecule has 0 aliphatic carbocycles. The Kier molecular flexibility index (Phi) is 8.84. The molecule has 162 valence electrons. The predicted octanol–water partition coefficient (Wildman–Crippen LogP) is 4.10. The van der Waals surface area contributed by atoms with Crippen molar-refractivity contribution in [3.63, 3.8) is 0 Å². The molecule has 0 aromatic heterocycles. The molecule has 2 aromatic rings. The van der Waals surface area contributed by atoms with Crippen LogP contribution >= 0.6 is 0 Å². The lowest BCUT2D eigenvalue weighted by Gasteiger charge is -2.31. The zero-order valence-corrected chi connectivity index (χ0v) is 18.2. The van der Waals surface area contributed by atoms with Gasteiger partial charge in [0, 0.05) is 12.6 Å². The highest BCUT2D eigenvalue weighted by Crippen LogP contribution is 2.18. The number of hydrogen-bond donors (Lipinski definition) is 1. The van der Waals surface area contributed by atoms with Crippen molar-refractivity contribution >= 4 is 11.8 Å². The number of carbonyl (C=O) groups is 2. The number of nitrogens with zero attached hydrogens (tertiary/aromatic N) is 1. The first-order chi connectivity index (χ1) is 14.4. The van der Waals surface area contributed by atoms with Gasteiger partial charge in [0.25, 0.3) is 0 Å².